The van der Waals surface area contributed by atoms with Crippen LogP contribution in [-0.4, -0.2) is 27.7 Å². The number of hydrogen-bond donors (Lipinski definition) is 0. The molecule has 0 fully saturated rings. The highest BCUT2D eigenvalue weighted by molar-refractivity contribution is 7.98. The average Bonchev–Trinajstić information content (AvgIpc) is 3.13. The normalized spacial score (nSPS) is 13.3. The van der Waals surface area contributed by atoms with E-state index in [4.69, 9.17) is 39.5 Å². The van der Waals surface area contributed by atoms with Gasteiger partial charge in [-0.15, -0.1) is 10.2 Å². The fourth-order valence-electron chi connectivity index (χ4n) is 2.57. The molecule has 142 valence electrons. The third kappa shape index (κ3) is 4.52. The van der Waals surface area contributed by atoms with Gasteiger partial charge in [-0.2, -0.15) is 9.78 Å². The van der Waals surface area contributed by atoms with E-state index in [0.29, 0.717) is 32.6 Å². The van der Waals surface area contributed by atoms with Crippen molar-refractivity contribution < 1.29 is 4.74 Å². The van der Waals surface area contributed by atoms with Crippen molar-refractivity contribution in [2.24, 2.45) is 5.10 Å². The molecular formula is C19H13Cl3N4OS. The van der Waals surface area contributed by atoms with Gasteiger partial charge < -0.3 is 4.74 Å². The van der Waals surface area contributed by atoms with Gasteiger partial charge in [0.25, 0.3) is 0 Å². The summed E-state index contributed by atoms with van der Waals surface area (Å²) in [6, 6.07) is 11.2. The van der Waals surface area contributed by atoms with E-state index in [9.17, 15) is 0 Å². The van der Waals surface area contributed by atoms with Crippen molar-refractivity contribution in [3.8, 4) is 5.75 Å². The number of thioether (sulfide) groups is 1. The van der Waals surface area contributed by atoms with E-state index in [-0.39, 0.29) is 0 Å². The van der Waals surface area contributed by atoms with Gasteiger partial charge in [-0.25, -0.2) is 0 Å². The average molecular weight is 452 g/mol. The molecule has 0 saturated carbocycles. The molecule has 3 aromatic rings. The minimum atomic E-state index is 0.368. The molecule has 9 heteroatoms. The van der Waals surface area contributed by atoms with Crippen molar-refractivity contribution in [3.05, 3.63) is 74.5 Å². The molecule has 0 saturated heterocycles. The first-order valence-corrected chi connectivity index (χ1v) is 10.3. The second-order valence-corrected chi connectivity index (χ2v) is 8.15. The second kappa shape index (κ2) is 8.57. The first-order chi connectivity index (χ1) is 13.6. The second-order valence-electron chi connectivity index (χ2n) is 5.93. The molecule has 0 spiro atoms. The first kappa shape index (κ1) is 19.3. The van der Waals surface area contributed by atoms with Crippen molar-refractivity contribution in [1.82, 2.24) is 14.9 Å². The van der Waals surface area contributed by atoms with Crippen molar-refractivity contribution in [3.63, 3.8) is 0 Å². The van der Waals surface area contributed by atoms with E-state index in [1.807, 2.05) is 36.4 Å². The van der Waals surface area contributed by atoms with Crippen molar-refractivity contribution >= 4 is 58.9 Å². The zero-order valence-corrected chi connectivity index (χ0v) is 17.4. The summed E-state index contributed by atoms with van der Waals surface area (Å²) in [6.45, 7) is 0.368. The number of nitrogens with zero attached hydrogens (tertiary/aromatic N) is 4. The summed E-state index contributed by atoms with van der Waals surface area (Å²) in [6.07, 6.45) is 5.23. The molecule has 0 unspecified atom stereocenters. The Morgan fingerprint density at radius 3 is 2.79 bits per heavy atom. The van der Waals surface area contributed by atoms with E-state index >= 15 is 0 Å². The zero-order chi connectivity index (χ0) is 19.5. The van der Waals surface area contributed by atoms with Gasteiger partial charge in [-0.1, -0.05) is 58.7 Å². The van der Waals surface area contributed by atoms with Crippen LogP contribution in [0.4, 0.5) is 0 Å². The summed E-state index contributed by atoms with van der Waals surface area (Å²) >= 11 is 19.7. The van der Waals surface area contributed by atoms with Crippen molar-refractivity contribution in [2.75, 3.05) is 6.61 Å². The number of rotatable bonds is 5. The van der Waals surface area contributed by atoms with Gasteiger partial charge in [0.15, 0.2) is 0 Å². The van der Waals surface area contributed by atoms with E-state index in [2.05, 4.69) is 15.3 Å². The Balaban J connectivity index is 1.48. The lowest BCUT2D eigenvalue weighted by molar-refractivity contribution is 0.353. The van der Waals surface area contributed by atoms with E-state index in [1.54, 1.807) is 23.3 Å². The Morgan fingerprint density at radius 2 is 1.96 bits per heavy atom. The summed E-state index contributed by atoms with van der Waals surface area (Å²) in [5.74, 6) is 1.37. The van der Waals surface area contributed by atoms with Crippen LogP contribution in [0.2, 0.25) is 15.1 Å². The van der Waals surface area contributed by atoms with Crippen LogP contribution in [0.25, 0.3) is 6.08 Å². The molecule has 1 aromatic heterocycles. The summed E-state index contributed by atoms with van der Waals surface area (Å²) in [5.41, 5.74) is 2.85. The molecule has 5 nitrogen and oxygen atoms in total. The first-order valence-electron chi connectivity index (χ1n) is 8.22. The minimum Gasteiger partial charge on any atom is -0.487 e. The molecular weight excluding hydrogens is 439 g/mol. The Bertz CT molecular complexity index is 1060. The van der Waals surface area contributed by atoms with Crippen LogP contribution in [0.1, 0.15) is 11.1 Å². The van der Waals surface area contributed by atoms with Crippen LogP contribution in [0.3, 0.4) is 0 Å². The Labute approximate surface area is 181 Å². The molecule has 0 N–H and O–H groups in total. The topological polar surface area (TPSA) is 52.3 Å². The van der Waals surface area contributed by atoms with Gasteiger partial charge in [-0.05, 0) is 35.9 Å². The lowest BCUT2D eigenvalue weighted by atomic mass is 10.1. The van der Waals surface area contributed by atoms with Crippen LogP contribution in [0.5, 0.6) is 5.75 Å². The number of fused-ring (bicyclic) bond motifs is 1. The number of halogens is 3. The predicted octanol–water partition coefficient (Wildman–Crippen LogP) is 5.84. The molecule has 0 amide bonds. The molecule has 2 heterocycles. The highest BCUT2D eigenvalue weighted by atomic mass is 35.5. The largest absolute Gasteiger partial charge is 0.487 e. The maximum Gasteiger partial charge on any atom is 0.212 e. The number of aromatic nitrogens is 3. The number of benzene rings is 2. The third-order valence-corrected chi connectivity index (χ3v) is 5.65. The summed E-state index contributed by atoms with van der Waals surface area (Å²) in [7, 11) is 0. The highest BCUT2D eigenvalue weighted by Gasteiger charge is 2.15. The molecule has 1 aliphatic heterocycles. The SMILES string of the molecule is Clc1ccc(CSc2nncn2/N=C/C2=Cc3cc(Cl)cc(Cl)c3OC2)cc1. The molecule has 0 bridgehead atoms. The van der Waals surface area contributed by atoms with Crippen LogP contribution in [0.15, 0.2) is 58.6 Å². The molecule has 28 heavy (non-hydrogen) atoms. The fraction of sp³-hybridized carbons (Fsp3) is 0.105. The standard InChI is InChI=1S/C19H13Cl3N4OS/c20-15-3-1-12(2-4-15)10-28-19-25-23-11-26(19)24-8-13-5-14-6-16(21)7-17(22)18(14)27-9-13/h1-8,11H,9-10H2/b24-8+. The zero-order valence-electron chi connectivity index (χ0n) is 14.3. The van der Waals surface area contributed by atoms with Crippen LogP contribution < -0.4 is 4.74 Å². The minimum absolute atomic E-state index is 0.368. The molecule has 0 aliphatic carbocycles. The molecule has 2 aromatic carbocycles. The lowest BCUT2D eigenvalue weighted by Crippen LogP contribution is -2.09. The van der Waals surface area contributed by atoms with Gasteiger partial charge in [-0.3, -0.25) is 0 Å². The van der Waals surface area contributed by atoms with E-state index < -0.39 is 0 Å². The molecule has 0 radical (unpaired) electrons. The summed E-state index contributed by atoms with van der Waals surface area (Å²) in [4.78, 5) is 0. The maximum absolute atomic E-state index is 6.17. The van der Waals surface area contributed by atoms with Gasteiger partial charge in [0, 0.05) is 26.9 Å². The van der Waals surface area contributed by atoms with Gasteiger partial charge >= 0.3 is 0 Å². The van der Waals surface area contributed by atoms with Gasteiger partial charge in [0.05, 0.1) is 11.2 Å². The molecule has 1 aliphatic rings. The smallest absolute Gasteiger partial charge is 0.212 e. The highest BCUT2D eigenvalue weighted by Crippen LogP contribution is 2.36. The quantitative estimate of drug-likeness (QED) is 0.361. The van der Waals surface area contributed by atoms with E-state index in [0.717, 1.165) is 22.5 Å². The third-order valence-electron chi connectivity index (χ3n) is 3.89. The monoisotopic (exact) mass is 450 g/mol. The number of ether oxygens (including phenoxy) is 1. The van der Waals surface area contributed by atoms with Crippen LogP contribution >= 0.6 is 46.6 Å². The van der Waals surface area contributed by atoms with Crippen molar-refractivity contribution in [1.29, 1.82) is 0 Å². The van der Waals surface area contributed by atoms with Gasteiger partial charge in [0.1, 0.15) is 18.7 Å². The van der Waals surface area contributed by atoms with Crippen LogP contribution in [-0.2, 0) is 5.75 Å². The van der Waals surface area contributed by atoms with Gasteiger partial charge in [0.2, 0.25) is 5.16 Å². The molecule has 0 atom stereocenters. The Hall–Kier alpha value is -1.99. The maximum atomic E-state index is 6.17. The summed E-state index contributed by atoms with van der Waals surface area (Å²) in [5, 5.41) is 15.0. The predicted molar refractivity (Wildman–Crippen MR) is 115 cm³/mol. The van der Waals surface area contributed by atoms with Crippen LogP contribution in [0, 0.1) is 0 Å². The van der Waals surface area contributed by atoms with Crippen molar-refractivity contribution in [2.45, 2.75) is 10.9 Å². The Kier molecular flexibility index (Phi) is 5.92. The number of hydrogen-bond acceptors (Lipinski definition) is 5. The summed E-state index contributed by atoms with van der Waals surface area (Å²) < 4.78 is 7.36. The molecule has 4 rings (SSSR count). The lowest BCUT2D eigenvalue weighted by Gasteiger charge is -2.17. The Morgan fingerprint density at radius 1 is 1.14 bits per heavy atom. The van der Waals surface area contributed by atoms with E-state index in [1.165, 1.54) is 11.8 Å². The fourth-order valence-corrected chi connectivity index (χ4v) is 4.08.